The van der Waals surface area contributed by atoms with Crippen molar-refractivity contribution in [3.8, 4) is 11.5 Å². The number of methoxy groups -OCH3 is 1. The van der Waals surface area contributed by atoms with Crippen LogP contribution in [-0.2, 0) is 16.1 Å². The summed E-state index contributed by atoms with van der Waals surface area (Å²) in [6.45, 7) is 4.47. The highest BCUT2D eigenvalue weighted by Crippen LogP contribution is 2.35. The molecule has 0 saturated heterocycles. The Morgan fingerprint density at radius 1 is 1.12 bits per heavy atom. The molecule has 0 fully saturated rings. The Morgan fingerprint density at radius 2 is 1.85 bits per heavy atom. The third kappa shape index (κ3) is 6.12. The Kier molecular flexibility index (Phi) is 8.96. The molecule has 210 valence electrons. The number of carbonyl (C=O) groups is 1. The highest BCUT2D eigenvalue weighted by molar-refractivity contribution is 14.1. The molecule has 0 radical (unpaired) electrons. The van der Waals surface area contributed by atoms with E-state index in [4.69, 9.17) is 25.8 Å². The molecule has 1 atom stereocenters. The van der Waals surface area contributed by atoms with Crippen LogP contribution < -0.4 is 24.4 Å². The number of aromatic nitrogens is 1. The maximum atomic E-state index is 13.9. The summed E-state index contributed by atoms with van der Waals surface area (Å²) < 4.78 is 20.0. The zero-order valence-electron chi connectivity index (χ0n) is 22.5. The Morgan fingerprint density at radius 3 is 2.54 bits per heavy atom. The highest BCUT2D eigenvalue weighted by Gasteiger charge is 2.32. The van der Waals surface area contributed by atoms with E-state index in [1.807, 2.05) is 79.7 Å². The van der Waals surface area contributed by atoms with Gasteiger partial charge in [0.2, 0.25) is 0 Å². The van der Waals surface area contributed by atoms with E-state index < -0.39 is 12.0 Å². The summed E-state index contributed by atoms with van der Waals surface area (Å²) in [4.78, 5) is 31.8. The summed E-state index contributed by atoms with van der Waals surface area (Å²) in [5, 5.41) is 0.666. The summed E-state index contributed by atoms with van der Waals surface area (Å²) in [6.07, 6.45) is 1.82. The van der Waals surface area contributed by atoms with Gasteiger partial charge in [0.05, 0.1) is 39.1 Å². The van der Waals surface area contributed by atoms with Crippen molar-refractivity contribution in [1.82, 2.24) is 4.57 Å². The van der Waals surface area contributed by atoms with Gasteiger partial charge in [-0.25, -0.2) is 9.79 Å². The van der Waals surface area contributed by atoms with Crippen LogP contribution in [-0.4, -0.2) is 24.3 Å². The normalized spacial score (nSPS) is 14.9. The fraction of sp³-hybridized carbons (Fsp3) is 0.194. The summed E-state index contributed by atoms with van der Waals surface area (Å²) in [5.74, 6) is 0.696. The molecule has 1 aliphatic rings. The van der Waals surface area contributed by atoms with E-state index in [2.05, 4.69) is 27.6 Å². The van der Waals surface area contributed by atoms with Crippen LogP contribution >= 0.6 is 45.5 Å². The molecule has 0 aliphatic carbocycles. The Labute approximate surface area is 259 Å². The molecule has 0 bridgehead atoms. The second-order valence-corrected chi connectivity index (χ2v) is 11.8. The number of carbonyl (C=O) groups excluding carboxylic acids is 1. The summed E-state index contributed by atoms with van der Waals surface area (Å²) >= 11 is 9.49. The maximum Gasteiger partial charge on any atom is 0.338 e. The number of rotatable bonds is 8. The molecule has 5 rings (SSSR count). The van der Waals surface area contributed by atoms with Gasteiger partial charge in [0.1, 0.15) is 6.61 Å². The minimum atomic E-state index is -0.648. The van der Waals surface area contributed by atoms with Gasteiger partial charge in [0.15, 0.2) is 16.3 Å². The van der Waals surface area contributed by atoms with E-state index in [0.717, 1.165) is 20.3 Å². The van der Waals surface area contributed by atoms with Gasteiger partial charge in [-0.15, -0.1) is 0 Å². The van der Waals surface area contributed by atoms with Gasteiger partial charge < -0.3 is 14.2 Å². The van der Waals surface area contributed by atoms with E-state index in [0.29, 0.717) is 50.3 Å². The van der Waals surface area contributed by atoms with Crippen molar-refractivity contribution in [1.29, 1.82) is 0 Å². The van der Waals surface area contributed by atoms with Crippen molar-refractivity contribution in [3.05, 3.63) is 123 Å². The number of thiazole rings is 1. The average Bonchev–Trinajstić information content (AvgIpc) is 3.26. The van der Waals surface area contributed by atoms with Crippen LogP contribution in [0.1, 0.15) is 36.6 Å². The molecule has 0 N–H and O–H groups in total. The van der Waals surface area contributed by atoms with Crippen molar-refractivity contribution in [3.63, 3.8) is 0 Å². The van der Waals surface area contributed by atoms with Gasteiger partial charge in [-0.2, -0.15) is 0 Å². The third-order valence-electron chi connectivity index (χ3n) is 6.47. The van der Waals surface area contributed by atoms with Crippen LogP contribution in [0, 0.1) is 3.57 Å². The van der Waals surface area contributed by atoms with E-state index in [1.54, 1.807) is 11.5 Å². The SMILES string of the molecule is CCOc1cc(C=c2sc3n(c2=O)C(c2ccccc2)C(C(=O)OC)=C(C)N=3)cc(I)c1OCc1ccc(Cl)cc1. The molecule has 1 aliphatic heterocycles. The van der Waals surface area contributed by atoms with Crippen LogP contribution in [0.3, 0.4) is 0 Å². The molecule has 41 heavy (non-hydrogen) atoms. The molecular formula is C31H26ClIN2O5S. The number of hydrogen-bond acceptors (Lipinski definition) is 7. The number of allylic oxidation sites excluding steroid dienone is 1. The van der Waals surface area contributed by atoms with Crippen LogP contribution in [0.4, 0.5) is 0 Å². The van der Waals surface area contributed by atoms with Gasteiger partial charge in [0, 0.05) is 5.02 Å². The number of halogens is 2. The maximum absolute atomic E-state index is 13.9. The fourth-order valence-electron chi connectivity index (χ4n) is 4.61. The first-order chi connectivity index (χ1) is 19.8. The van der Waals surface area contributed by atoms with Crippen LogP contribution in [0.5, 0.6) is 11.5 Å². The van der Waals surface area contributed by atoms with E-state index in [-0.39, 0.29) is 5.56 Å². The molecule has 1 unspecified atom stereocenters. The van der Waals surface area contributed by atoms with Crippen molar-refractivity contribution in [2.75, 3.05) is 13.7 Å². The average molecular weight is 701 g/mol. The van der Waals surface area contributed by atoms with E-state index in [1.165, 1.54) is 18.4 Å². The monoisotopic (exact) mass is 700 g/mol. The quantitative estimate of drug-likeness (QED) is 0.176. The summed E-state index contributed by atoms with van der Waals surface area (Å²) in [6, 6.07) is 20.1. The number of fused-ring (bicyclic) bond motifs is 1. The second kappa shape index (κ2) is 12.6. The lowest BCUT2D eigenvalue weighted by Crippen LogP contribution is -2.39. The summed E-state index contributed by atoms with van der Waals surface area (Å²) in [5.41, 5.74) is 3.18. The largest absolute Gasteiger partial charge is 0.490 e. The van der Waals surface area contributed by atoms with Gasteiger partial charge >= 0.3 is 5.97 Å². The molecule has 7 nitrogen and oxygen atoms in total. The van der Waals surface area contributed by atoms with Crippen molar-refractivity contribution >= 4 is 57.6 Å². The number of nitrogens with zero attached hydrogens (tertiary/aromatic N) is 2. The Bertz CT molecular complexity index is 1810. The lowest BCUT2D eigenvalue weighted by atomic mass is 9.96. The summed E-state index contributed by atoms with van der Waals surface area (Å²) in [7, 11) is 1.33. The molecule has 0 saturated carbocycles. The van der Waals surface area contributed by atoms with Crippen LogP contribution in [0.25, 0.3) is 6.08 Å². The molecule has 0 amide bonds. The number of benzene rings is 3. The Balaban J connectivity index is 1.57. The predicted octanol–water partition coefficient (Wildman–Crippen LogP) is 5.64. The molecule has 2 heterocycles. The van der Waals surface area contributed by atoms with Gasteiger partial charge in [-0.1, -0.05) is 65.4 Å². The Hall–Kier alpha value is -3.41. The highest BCUT2D eigenvalue weighted by atomic mass is 127. The van der Waals surface area contributed by atoms with Gasteiger partial charge in [-0.3, -0.25) is 9.36 Å². The minimum Gasteiger partial charge on any atom is -0.490 e. The molecule has 0 spiro atoms. The van der Waals surface area contributed by atoms with Crippen molar-refractivity contribution in [2.45, 2.75) is 26.5 Å². The molecular weight excluding hydrogens is 675 g/mol. The lowest BCUT2D eigenvalue weighted by molar-refractivity contribution is -0.136. The number of esters is 1. The molecule has 4 aromatic rings. The van der Waals surface area contributed by atoms with E-state index >= 15 is 0 Å². The number of hydrogen-bond donors (Lipinski definition) is 0. The zero-order valence-corrected chi connectivity index (χ0v) is 26.2. The standard InChI is InChI=1S/C31H26ClIN2O5S/c1-4-39-24-15-20(14-23(33)28(24)40-17-19-10-12-22(32)13-11-19)16-25-29(36)35-27(21-8-6-5-7-9-21)26(30(37)38-3)18(2)34-31(35)41-25/h5-16,27H,4,17H2,1-3H3. The first-order valence-corrected chi connectivity index (χ1v) is 15.1. The third-order valence-corrected chi connectivity index (χ3v) is 8.50. The molecule has 3 aromatic carbocycles. The van der Waals surface area contributed by atoms with Gasteiger partial charge in [-0.05, 0) is 83.5 Å². The second-order valence-electron chi connectivity index (χ2n) is 9.16. The fourth-order valence-corrected chi connectivity index (χ4v) is 6.56. The lowest BCUT2D eigenvalue weighted by Gasteiger charge is -2.24. The molecule has 10 heteroatoms. The van der Waals surface area contributed by atoms with Crippen LogP contribution in [0.15, 0.2) is 87.8 Å². The minimum absolute atomic E-state index is 0.243. The van der Waals surface area contributed by atoms with Crippen molar-refractivity contribution < 1.29 is 19.0 Å². The zero-order chi connectivity index (χ0) is 29.1. The number of ether oxygens (including phenoxy) is 3. The first-order valence-electron chi connectivity index (χ1n) is 12.8. The smallest absolute Gasteiger partial charge is 0.338 e. The first kappa shape index (κ1) is 29.1. The predicted molar refractivity (Wildman–Crippen MR) is 168 cm³/mol. The topological polar surface area (TPSA) is 79.1 Å². The van der Waals surface area contributed by atoms with Gasteiger partial charge in [0.25, 0.3) is 5.56 Å². The van der Waals surface area contributed by atoms with Crippen LogP contribution in [0.2, 0.25) is 5.02 Å². The van der Waals surface area contributed by atoms with E-state index in [9.17, 15) is 9.59 Å². The molecule has 1 aromatic heterocycles. The van der Waals surface area contributed by atoms with Crippen molar-refractivity contribution in [2.24, 2.45) is 4.99 Å².